The molecule has 0 saturated heterocycles. The third-order valence-corrected chi connectivity index (χ3v) is 4.85. The molecule has 1 aliphatic rings. The molecule has 1 unspecified atom stereocenters. The van der Waals surface area contributed by atoms with E-state index in [2.05, 4.69) is 31.2 Å². The van der Waals surface area contributed by atoms with Gasteiger partial charge in [-0.1, -0.05) is 26.8 Å². The first-order valence-electron chi connectivity index (χ1n) is 7.60. The second kappa shape index (κ2) is 6.10. The van der Waals surface area contributed by atoms with Gasteiger partial charge < -0.3 is 5.73 Å². The highest BCUT2D eigenvalue weighted by molar-refractivity contribution is 5.41. The Morgan fingerprint density at radius 1 is 1.25 bits per heavy atom. The monoisotopic (exact) mass is 276 g/mol. The van der Waals surface area contributed by atoms with Crippen LogP contribution in [0.1, 0.15) is 58.1 Å². The summed E-state index contributed by atoms with van der Waals surface area (Å²) in [5.41, 5.74) is 10.4. The van der Waals surface area contributed by atoms with E-state index in [1.165, 1.54) is 25.7 Å². The van der Waals surface area contributed by atoms with Crippen molar-refractivity contribution in [3.8, 4) is 0 Å². The van der Waals surface area contributed by atoms with Crippen molar-refractivity contribution in [1.82, 2.24) is 10.4 Å². The lowest BCUT2D eigenvalue weighted by Gasteiger charge is -2.39. The number of aromatic nitrogens is 1. The van der Waals surface area contributed by atoms with Gasteiger partial charge in [0.25, 0.3) is 0 Å². The molecule has 1 aliphatic carbocycles. The highest BCUT2D eigenvalue weighted by atomic mass is 15.2. The van der Waals surface area contributed by atoms with Crippen molar-refractivity contribution < 1.29 is 0 Å². The normalized spacial score (nSPS) is 25.4. The zero-order chi connectivity index (χ0) is 14.8. The SMILES string of the molecule is CC(C)(C)C1CCC(C(NN)c2cccnc2N)CC1. The average Bonchev–Trinajstić information content (AvgIpc) is 2.41. The maximum atomic E-state index is 5.99. The number of pyridine rings is 1. The largest absolute Gasteiger partial charge is 0.383 e. The molecule has 1 atom stereocenters. The predicted molar refractivity (Wildman–Crippen MR) is 83.6 cm³/mol. The average molecular weight is 276 g/mol. The van der Waals surface area contributed by atoms with Crippen LogP contribution in [0.4, 0.5) is 5.82 Å². The number of rotatable bonds is 3. The molecule has 4 nitrogen and oxygen atoms in total. The van der Waals surface area contributed by atoms with Crippen LogP contribution in [-0.2, 0) is 0 Å². The van der Waals surface area contributed by atoms with Gasteiger partial charge in [-0.25, -0.2) is 4.98 Å². The lowest BCUT2D eigenvalue weighted by atomic mass is 9.68. The molecule has 112 valence electrons. The van der Waals surface area contributed by atoms with Gasteiger partial charge in [-0.15, -0.1) is 0 Å². The number of anilines is 1. The van der Waals surface area contributed by atoms with E-state index in [0.29, 0.717) is 17.2 Å². The van der Waals surface area contributed by atoms with Gasteiger partial charge in [0.05, 0.1) is 6.04 Å². The fourth-order valence-electron chi connectivity index (χ4n) is 3.49. The third kappa shape index (κ3) is 3.30. The molecule has 20 heavy (non-hydrogen) atoms. The van der Waals surface area contributed by atoms with Crippen LogP contribution < -0.4 is 17.0 Å². The minimum absolute atomic E-state index is 0.115. The van der Waals surface area contributed by atoms with E-state index in [-0.39, 0.29) is 6.04 Å². The van der Waals surface area contributed by atoms with E-state index in [9.17, 15) is 0 Å². The minimum Gasteiger partial charge on any atom is -0.383 e. The van der Waals surface area contributed by atoms with Crippen molar-refractivity contribution in [3.63, 3.8) is 0 Å². The minimum atomic E-state index is 0.115. The molecule has 1 fully saturated rings. The van der Waals surface area contributed by atoms with E-state index in [1.54, 1.807) is 6.20 Å². The van der Waals surface area contributed by atoms with Gasteiger partial charge in [0.15, 0.2) is 0 Å². The lowest BCUT2D eigenvalue weighted by molar-refractivity contribution is 0.132. The fraction of sp³-hybridized carbons (Fsp3) is 0.688. The number of nitrogen functional groups attached to an aromatic ring is 1. The van der Waals surface area contributed by atoms with Gasteiger partial charge in [0.1, 0.15) is 5.82 Å². The Morgan fingerprint density at radius 2 is 1.90 bits per heavy atom. The van der Waals surface area contributed by atoms with Crippen molar-refractivity contribution in [1.29, 1.82) is 0 Å². The molecule has 0 amide bonds. The van der Waals surface area contributed by atoms with Crippen molar-refractivity contribution >= 4 is 5.82 Å². The Hall–Kier alpha value is -1.13. The van der Waals surface area contributed by atoms with Crippen LogP contribution in [0.2, 0.25) is 0 Å². The Labute approximate surface area is 122 Å². The molecule has 0 aliphatic heterocycles. The van der Waals surface area contributed by atoms with Crippen molar-refractivity contribution in [3.05, 3.63) is 23.9 Å². The van der Waals surface area contributed by atoms with Crippen LogP contribution in [0.15, 0.2) is 18.3 Å². The first-order valence-corrected chi connectivity index (χ1v) is 7.60. The number of hydrazine groups is 1. The summed E-state index contributed by atoms with van der Waals surface area (Å²) in [5, 5.41) is 0. The molecule has 0 radical (unpaired) electrons. The van der Waals surface area contributed by atoms with Gasteiger partial charge in [-0.3, -0.25) is 11.3 Å². The van der Waals surface area contributed by atoms with Crippen molar-refractivity contribution in [2.45, 2.75) is 52.5 Å². The summed E-state index contributed by atoms with van der Waals surface area (Å²) in [6, 6.07) is 4.07. The molecule has 1 aromatic heterocycles. The van der Waals surface area contributed by atoms with Crippen molar-refractivity contribution in [2.75, 3.05) is 5.73 Å². The number of nitrogens with two attached hydrogens (primary N) is 2. The van der Waals surface area contributed by atoms with Crippen LogP contribution in [0.25, 0.3) is 0 Å². The summed E-state index contributed by atoms with van der Waals surface area (Å²) < 4.78 is 0. The lowest BCUT2D eigenvalue weighted by Crippen LogP contribution is -2.37. The zero-order valence-corrected chi connectivity index (χ0v) is 12.9. The first-order chi connectivity index (χ1) is 9.43. The quantitative estimate of drug-likeness (QED) is 0.586. The molecule has 5 N–H and O–H groups in total. The number of nitrogens with one attached hydrogen (secondary N) is 1. The summed E-state index contributed by atoms with van der Waals surface area (Å²) in [5.74, 6) is 7.74. The number of hydrogen-bond donors (Lipinski definition) is 3. The van der Waals surface area contributed by atoms with Crippen LogP contribution >= 0.6 is 0 Å². The summed E-state index contributed by atoms with van der Waals surface area (Å²) in [6.45, 7) is 7.03. The smallest absolute Gasteiger partial charge is 0.128 e. The van der Waals surface area contributed by atoms with Gasteiger partial charge in [-0.05, 0) is 49.0 Å². The Morgan fingerprint density at radius 3 is 2.40 bits per heavy atom. The van der Waals surface area contributed by atoms with Crippen LogP contribution in [0, 0.1) is 17.3 Å². The summed E-state index contributed by atoms with van der Waals surface area (Å²) in [7, 11) is 0. The van der Waals surface area contributed by atoms with Gasteiger partial charge >= 0.3 is 0 Å². The maximum Gasteiger partial charge on any atom is 0.128 e. The van der Waals surface area contributed by atoms with Gasteiger partial charge in [0, 0.05) is 11.8 Å². The molecule has 1 heterocycles. The van der Waals surface area contributed by atoms with Crippen molar-refractivity contribution in [2.24, 2.45) is 23.1 Å². The molecule has 1 saturated carbocycles. The molecule has 1 aromatic rings. The topological polar surface area (TPSA) is 77.0 Å². The molecule has 0 aromatic carbocycles. The Bertz CT molecular complexity index is 430. The summed E-state index contributed by atoms with van der Waals surface area (Å²) in [6.07, 6.45) is 6.66. The molecular formula is C16H28N4. The third-order valence-electron chi connectivity index (χ3n) is 4.85. The Balaban J connectivity index is 2.06. The summed E-state index contributed by atoms with van der Waals surface area (Å²) in [4.78, 5) is 4.18. The molecule has 2 rings (SSSR count). The molecular weight excluding hydrogens is 248 g/mol. The fourth-order valence-corrected chi connectivity index (χ4v) is 3.49. The standard InChI is InChI=1S/C16H28N4/c1-16(2,3)12-8-6-11(7-9-12)14(20-18)13-5-4-10-19-15(13)17/h4-5,10-12,14,20H,6-9,18H2,1-3H3,(H2,17,19). The highest BCUT2D eigenvalue weighted by Crippen LogP contribution is 2.43. The van der Waals surface area contributed by atoms with E-state index in [4.69, 9.17) is 11.6 Å². The van der Waals surface area contributed by atoms with Gasteiger partial charge in [-0.2, -0.15) is 0 Å². The van der Waals surface area contributed by atoms with E-state index < -0.39 is 0 Å². The van der Waals surface area contributed by atoms with Crippen LogP contribution in [0.5, 0.6) is 0 Å². The first kappa shape index (κ1) is 15.3. The number of nitrogens with zero attached hydrogens (tertiary/aromatic N) is 1. The highest BCUT2D eigenvalue weighted by Gasteiger charge is 2.33. The Kier molecular flexibility index (Phi) is 4.66. The van der Waals surface area contributed by atoms with Crippen LogP contribution in [0.3, 0.4) is 0 Å². The molecule has 0 spiro atoms. The molecule has 0 bridgehead atoms. The van der Waals surface area contributed by atoms with E-state index in [0.717, 1.165) is 11.5 Å². The molecule has 4 heteroatoms. The summed E-state index contributed by atoms with van der Waals surface area (Å²) >= 11 is 0. The second-order valence-electron chi connectivity index (χ2n) is 7.10. The maximum absolute atomic E-state index is 5.99. The van der Waals surface area contributed by atoms with E-state index in [1.807, 2.05) is 12.1 Å². The second-order valence-corrected chi connectivity index (χ2v) is 7.10. The van der Waals surface area contributed by atoms with Crippen LogP contribution in [-0.4, -0.2) is 4.98 Å². The van der Waals surface area contributed by atoms with E-state index >= 15 is 0 Å². The zero-order valence-electron chi connectivity index (χ0n) is 12.9. The predicted octanol–water partition coefficient (Wildman–Crippen LogP) is 3.02. The van der Waals surface area contributed by atoms with Gasteiger partial charge in [0.2, 0.25) is 0 Å². The number of hydrogen-bond acceptors (Lipinski definition) is 4.